The quantitative estimate of drug-likeness (QED) is 0.723. The van der Waals surface area contributed by atoms with E-state index in [9.17, 15) is 9.59 Å². The van der Waals surface area contributed by atoms with Gasteiger partial charge in [0.15, 0.2) is 0 Å². The first kappa shape index (κ1) is 13.5. The third-order valence-electron chi connectivity index (χ3n) is 2.80. The first-order valence-electron chi connectivity index (χ1n) is 5.55. The molecule has 6 heteroatoms. The van der Waals surface area contributed by atoms with Crippen molar-refractivity contribution in [2.75, 3.05) is 32.8 Å². The number of hydrogen-bond acceptors (Lipinski definition) is 4. The predicted molar refractivity (Wildman–Crippen MR) is 61.8 cm³/mol. The van der Waals surface area contributed by atoms with E-state index in [0.717, 1.165) is 0 Å². The largest absolute Gasteiger partial charge is 0.480 e. The second-order valence-electron chi connectivity index (χ2n) is 3.90. The van der Waals surface area contributed by atoms with E-state index in [1.54, 1.807) is 11.8 Å². The van der Waals surface area contributed by atoms with Gasteiger partial charge in [0, 0.05) is 26.2 Å². The highest BCUT2D eigenvalue weighted by molar-refractivity contribution is 5.73. The van der Waals surface area contributed by atoms with Gasteiger partial charge in [-0.3, -0.25) is 9.69 Å². The van der Waals surface area contributed by atoms with Crippen molar-refractivity contribution in [1.29, 1.82) is 0 Å². The van der Waals surface area contributed by atoms with Gasteiger partial charge in [0.25, 0.3) is 0 Å². The van der Waals surface area contributed by atoms with Crippen molar-refractivity contribution < 1.29 is 19.4 Å². The maximum absolute atomic E-state index is 11.5. The second kappa shape index (κ2) is 6.24. The monoisotopic (exact) mass is 242 g/mol. The lowest BCUT2D eigenvalue weighted by atomic mass is 10.2. The normalized spacial score (nSPS) is 18.5. The van der Waals surface area contributed by atoms with E-state index in [1.807, 2.05) is 4.90 Å². The summed E-state index contributed by atoms with van der Waals surface area (Å²) in [5.41, 5.74) is 0. The van der Waals surface area contributed by atoms with E-state index in [2.05, 4.69) is 6.58 Å². The summed E-state index contributed by atoms with van der Waals surface area (Å²) >= 11 is 0. The minimum Gasteiger partial charge on any atom is -0.480 e. The molecule has 1 saturated heterocycles. The summed E-state index contributed by atoms with van der Waals surface area (Å²) in [6.45, 7) is 7.40. The minimum absolute atomic E-state index is 0.199. The van der Waals surface area contributed by atoms with Gasteiger partial charge in [0.2, 0.25) is 0 Å². The molecule has 96 valence electrons. The van der Waals surface area contributed by atoms with Crippen LogP contribution in [0.1, 0.15) is 6.92 Å². The van der Waals surface area contributed by atoms with Crippen molar-refractivity contribution in [2.24, 2.45) is 0 Å². The number of carboxylic acids is 1. The molecule has 0 aromatic carbocycles. The van der Waals surface area contributed by atoms with Crippen LogP contribution in [0.2, 0.25) is 0 Å². The van der Waals surface area contributed by atoms with Gasteiger partial charge in [0.05, 0.1) is 0 Å². The van der Waals surface area contributed by atoms with Crippen LogP contribution in [0, 0.1) is 0 Å². The highest BCUT2D eigenvalue weighted by atomic mass is 16.6. The molecule has 0 saturated carbocycles. The smallest absolute Gasteiger partial charge is 0.410 e. The molecular weight excluding hydrogens is 224 g/mol. The second-order valence-corrected chi connectivity index (χ2v) is 3.90. The van der Waals surface area contributed by atoms with Crippen LogP contribution in [0.25, 0.3) is 0 Å². The molecule has 0 aliphatic carbocycles. The summed E-state index contributed by atoms with van der Waals surface area (Å²) < 4.78 is 4.91. The molecule has 1 aliphatic heterocycles. The zero-order valence-electron chi connectivity index (χ0n) is 9.96. The third kappa shape index (κ3) is 3.74. The summed E-state index contributed by atoms with van der Waals surface area (Å²) in [7, 11) is 0. The zero-order valence-corrected chi connectivity index (χ0v) is 9.96. The van der Waals surface area contributed by atoms with Crippen LogP contribution in [-0.4, -0.2) is 65.8 Å². The van der Waals surface area contributed by atoms with Crippen molar-refractivity contribution in [3.8, 4) is 0 Å². The Bertz CT molecular complexity index is 298. The molecule has 0 aromatic heterocycles. The predicted octanol–water partition coefficient (Wildman–Crippen LogP) is 0.400. The Morgan fingerprint density at radius 3 is 2.47 bits per heavy atom. The average Bonchev–Trinajstić information content (AvgIpc) is 2.35. The van der Waals surface area contributed by atoms with Crippen molar-refractivity contribution in [3.05, 3.63) is 12.7 Å². The van der Waals surface area contributed by atoms with E-state index in [1.165, 1.54) is 6.08 Å². The Morgan fingerprint density at radius 1 is 1.41 bits per heavy atom. The van der Waals surface area contributed by atoms with Crippen LogP contribution in [0.15, 0.2) is 12.7 Å². The molecule has 1 N–H and O–H groups in total. The Labute approximate surface area is 100 Å². The van der Waals surface area contributed by atoms with Crippen LogP contribution in [-0.2, 0) is 9.53 Å². The minimum atomic E-state index is -0.840. The van der Waals surface area contributed by atoms with Gasteiger partial charge in [-0.05, 0) is 6.92 Å². The Kier molecular flexibility index (Phi) is 4.96. The first-order chi connectivity index (χ1) is 8.06. The molecule has 1 rings (SSSR count). The molecule has 6 nitrogen and oxygen atoms in total. The van der Waals surface area contributed by atoms with Crippen LogP contribution >= 0.6 is 0 Å². The lowest BCUT2D eigenvalue weighted by Crippen LogP contribution is -2.53. The molecule has 1 amide bonds. The Hall–Kier alpha value is -1.56. The molecule has 1 aliphatic rings. The van der Waals surface area contributed by atoms with Crippen molar-refractivity contribution in [1.82, 2.24) is 9.80 Å². The molecule has 1 atom stereocenters. The van der Waals surface area contributed by atoms with Crippen molar-refractivity contribution in [3.63, 3.8) is 0 Å². The fraction of sp³-hybridized carbons (Fsp3) is 0.636. The number of carboxylic acid groups (broad SMARTS) is 1. The summed E-state index contributed by atoms with van der Waals surface area (Å²) in [6, 6.07) is -0.513. The van der Waals surface area contributed by atoms with E-state index in [4.69, 9.17) is 9.84 Å². The lowest BCUT2D eigenvalue weighted by molar-refractivity contribution is -0.143. The molecule has 0 radical (unpaired) electrons. The van der Waals surface area contributed by atoms with E-state index in [-0.39, 0.29) is 12.7 Å². The third-order valence-corrected chi connectivity index (χ3v) is 2.80. The molecule has 1 heterocycles. The van der Waals surface area contributed by atoms with E-state index in [0.29, 0.717) is 26.2 Å². The average molecular weight is 242 g/mol. The van der Waals surface area contributed by atoms with Gasteiger partial charge in [-0.25, -0.2) is 4.79 Å². The molecule has 1 fully saturated rings. The number of ether oxygens (including phenoxy) is 1. The molecule has 17 heavy (non-hydrogen) atoms. The number of nitrogens with zero attached hydrogens (tertiary/aromatic N) is 2. The van der Waals surface area contributed by atoms with Gasteiger partial charge >= 0.3 is 12.1 Å². The summed E-state index contributed by atoms with van der Waals surface area (Å²) in [4.78, 5) is 25.7. The molecular formula is C11H18N2O4. The lowest BCUT2D eigenvalue weighted by Gasteiger charge is -2.35. The number of rotatable bonds is 4. The number of piperazine rings is 1. The standard InChI is InChI=1S/C11H18N2O4/c1-3-8-17-11(16)13-6-4-12(5-7-13)9(2)10(14)15/h3,9H,1,4-8H2,2H3,(H,14,15). The molecule has 0 aromatic rings. The maximum Gasteiger partial charge on any atom is 0.410 e. The highest BCUT2D eigenvalue weighted by Crippen LogP contribution is 2.07. The fourth-order valence-electron chi connectivity index (χ4n) is 1.67. The van der Waals surface area contributed by atoms with Crippen molar-refractivity contribution in [2.45, 2.75) is 13.0 Å². The molecule has 1 unspecified atom stereocenters. The SMILES string of the molecule is C=CCOC(=O)N1CCN(C(C)C(=O)O)CC1. The molecule has 0 bridgehead atoms. The topological polar surface area (TPSA) is 70.1 Å². The van der Waals surface area contributed by atoms with Gasteiger partial charge < -0.3 is 14.7 Å². The highest BCUT2D eigenvalue weighted by Gasteiger charge is 2.27. The van der Waals surface area contributed by atoms with E-state index >= 15 is 0 Å². The van der Waals surface area contributed by atoms with Gasteiger partial charge in [-0.2, -0.15) is 0 Å². The van der Waals surface area contributed by atoms with Gasteiger partial charge in [-0.15, -0.1) is 0 Å². The summed E-state index contributed by atoms with van der Waals surface area (Å²) in [5, 5.41) is 8.87. The van der Waals surface area contributed by atoms with Crippen LogP contribution in [0.5, 0.6) is 0 Å². The van der Waals surface area contributed by atoms with Crippen molar-refractivity contribution >= 4 is 12.1 Å². The zero-order chi connectivity index (χ0) is 12.8. The van der Waals surface area contributed by atoms with E-state index < -0.39 is 12.0 Å². The number of amides is 1. The van der Waals surface area contributed by atoms with Gasteiger partial charge in [-0.1, -0.05) is 12.7 Å². The van der Waals surface area contributed by atoms with Crippen LogP contribution < -0.4 is 0 Å². The summed E-state index contributed by atoms with van der Waals surface area (Å²) in [5.74, 6) is -0.840. The van der Waals surface area contributed by atoms with Crippen LogP contribution in [0.4, 0.5) is 4.79 Å². The van der Waals surface area contributed by atoms with Gasteiger partial charge in [0.1, 0.15) is 12.6 Å². The first-order valence-corrected chi connectivity index (χ1v) is 5.55. The maximum atomic E-state index is 11.5. The fourth-order valence-corrected chi connectivity index (χ4v) is 1.67. The Morgan fingerprint density at radius 2 is 2.00 bits per heavy atom. The molecule has 0 spiro atoms. The number of hydrogen-bond donors (Lipinski definition) is 1. The number of carbonyl (C=O) groups is 2. The van der Waals surface area contributed by atoms with Crippen LogP contribution in [0.3, 0.4) is 0 Å². The number of aliphatic carboxylic acids is 1. The summed E-state index contributed by atoms with van der Waals surface area (Å²) in [6.07, 6.45) is 1.15. The number of carbonyl (C=O) groups excluding carboxylic acids is 1. The Balaban J connectivity index is 2.37.